The Morgan fingerprint density at radius 1 is 0.340 bits per heavy atom. The Morgan fingerprint density at radius 2 is 0.553 bits per heavy atom. The van der Waals surface area contributed by atoms with Gasteiger partial charge in [0, 0.05) is 59.2 Å². The maximum atomic E-state index is 9.95. The monoisotopic (exact) mass is 928 g/mol. The van der Waals surface area contributed by atoms with Crippen LogP contribution in [0.4, 0.5) is 0 Å². The molecule has 290 valence electrons. The Morgan fingerprint density at radius 3 is 0.745 bits per heavy atom. The van der Waals surface area contributed by atoms with Crippen molar-refractivity contribution in [3.8, 4) is 0 Å². The second-order valence-corrected chi connectivity index (χ2v) is 44.0. The van der Waals surface area contributed by atoms with E-state index in [2.05, 4.69) is 101 Å². The second kappa shape index (κ2) is 25.1. The third-order valence-electron chi connectivity index (χ3n) is 4.38. The summed E-state index contributed by atoms with van der Waals surface area (Å²) in [4.78, 5) is 11.9. The van der Waals surface area contributed by atoms with Gasteiger partial charge in [0.25, 0.3) is 0 Å². The first-order chi connectivity index (χ1) is 20.8. The molecule has 20 heteroatoms. The molecule has 0 rings (SSSR count). The number of hydrogen-bond acceptors (Lipinski definition) is 11. The highest BCUT2D eigenvalue weighted by Gasteiger charge is 2.51. The molecule has 0 aliphatic rings. The fourth-order valence-electron chi connectivity index (χ4n) is 4.21. The van der Waals surface area contributed by atoms with E-state index in [1.54, 1.807) is 6.55 Å². The van der Waals surface area contributed by atoms with Crippen LogP contribution in [0.1, 0.15) is 34.6 Å². The van der Waals surface area contributed by atoms with Gasteiger partial charge < -0.3 is 47.5 Å². The van der Waals surface area contributed by atoms with Crippen LogP contribution < -0.4 is 0 Å². The molecule has 0 saturated heterocycles. The summed E-state index contributed by atoms with van der Waals surface area (Å²) in [7, 11) is -17.6. The van der Waals surface area contributed by atoms with Gasteiger partial charge in [0.05, 0.1) is 0 Å². The molecule has 0 saturated carbocycles. The zero-order chi connectivity index (χ0) is 38.6. The largest absolute Gasteiger partial charge is 0.497 e. The number of hydrogen-bond donors (Lipinski definition) is 1. The minimum Gasteiger partial charge on any atom is -0.417 e. The van der Waals surface area contributed by atoms with Crippen LogP contribution in [0.25, 0.3) is 0 Å². The molecule has 1 N–H and O–H groups in total. The predicted octanol–water partition coefficient (Wildman–Crippen LogP) is 8.88. The van der Waals surface area contributed by atoms with E-state index < -0.39 is 68.5 Å². The number of alkyl halides is 1. The van der Waals surface area contributed by atoms with Gasteiger partial charge in [-0.15, -0.1) is 0 Å². The lowest BCUT2D eigenvalue weighted by molar-refractivity contribution is 0.0782. The van der Waals surface area contributed by atoms with Crippen molar-refractivity contribution < 1.29 is 47.5 Å². The lowest BCUT2D eigenvalue weighted by atomic mass is 10.9. The lowest BCUT2D eigenvalue weighted by Gasteiger charge is -2.41. The van der Waals surface area contributed by atoms with Crippen LogP contribution in [-0.4, -0.2) is 111 Å². The van der Waals surface area contributed by atoms with Crippen molar-refractivity contribution in [3.63, 3.8) is 0 Å². The van der Waals surface area contributed by atoms with E-state index in [4.69, 9.17) is 42.7 Å². The highest BCUT2D eigenvalue weighted by atomic mass is 127. The summed E-state index contributed by atoms with van der Waals surface area (Å²) in [5, 5.41) is 0. The van der Waals surface area contributed by atoms with Crippen molar-refractivity contribution in [2.75, 3.05) is 38.0 Å². The second-order valence-electron chi connectivity index (χ2n) is 14.6. The molecule has 0 amide bonds. The first-order valence-electron chi connectivity index (χ1n) is 16.6. The molecule has 0 aliphatic heterocycles. The van der Waals surface area contributed by atoms with E-state index in [0.29, 0.717) is 33.0 Å². The molecule has 0 aromatic heterocycles. The van der Waals surface area contributed by atoms with Gasteiger partial charge in [-0.2, -0.15) is 0 Å². The molecule has 0 fully saturated rings. The topological polar surface area (TPSA) is 113 Å². The molecule has 11 nitrogen and oxygen atoms in total. The molecule has 0 heterocycles. The summed E-state index contributed by atoms with van der Waals surface area (Å²) >= 11 is 2.15. The molecule has 0 unspecified atom stereocenters. The summed E-state index contributed by atoms with van der Waals surface area (Å²) in [6.07, 6.45) is 0. The van der Waals surface area contributed by atoms with Crippen LogP contribution in [0.2, 0.25) is 105 Å². The molecule has 0 bridgehead atoms. The maximum absolute atomic E-state index is 9.95. The van der Waals surface area contributed by atoms with Crippen LogP contribution in [-0.2, 0) is 42.7 Å². The molecule has 0 aromatic carbocycles. The molecule has 0 aliphatic carbocycles. The van der Waals surface area contributed by atoms with E-state index in [0.717, 1.165) is 0 Å². The number of halogens is 1. The summed E-state index contributed by atoms with van der Waals surface area (Å²) in [6.45, 7) is 45.6. The van der Waals surface area contributed by atoms with Gasteiger partial charge in [-0.05, 0) is 118 Å². The van der Waals surface area contributed by atoms with Crippen LogP contribution in [0.3, 0.4) is 0 Å². The quantitative estimate of drug-likeness (QED) is 0.0718. The molecule has 0 spiro atoms. The fraction of sp³-hybridized carbons (Fsp3) is 1.00. The van der Waals surface area contributed by atoms with Crippen molar-refractivity contribution in [1.82, 2.24) is 0 Å². The Labute approximate surface area is 313 Å². The zero-order valence-corrected chi connectivity index (χ0v) is 44.6. The van der Waals surface area contributed by atoms with Crippen molar-refractivity contribution >= 4 is 91.1 Å². The standard InChI is InChI=1S/C12H34O5Si4.C7H22O3Si3.C7H18O3Si.CH3I/c1-11-13-20(9,14-12-2)17-21(10,15-18(3,4)5)16-19(6,7)8;1-11(2,3)9-13(7,8)10-12(4,5)6;1-5-8-11(4,9-6-2)10-7-3;1-2/h11-12H2,1-10H3;8H,1-7H3;5-7H2,1-4H3;1H3. The SMILES string of the molecule is CCO[Si](C)(OCC)OCC.CCO[Si](C)(OCC)O[Si](C)(O[Si](C)(C)C)O[Si](C)(C)C.CI.C[Si](C)(C)O[Si](C)(O)O[Si](C)(C)C. The molecular formula is C27H77IO11Si8. The Balaban J connectivity index is -0.000000306. The first kappa shape index (κ1) is 55.8. The van der Waals surface area contributed by atoms with E-state index in [1.165, 1.54) is 0 Å². The molecule has 0 aromatic rings. The Kier molecular flexibility index (Phi) is 29.8. The molecule has 47 heavy (non-hydrogen) atoms. The van der Waals surface area contributed by atoms with Gasteiger partial charge in [-0.25, -0.2) is 0 Å². The Bertz CT molecular complexity index is 719. The van der Waals surface area contributed by atoms with Crippen LogP contribution in [0.5, 0.6) is 0 Å². The fourth-order valence-corrected chi connectivity index (χ4v) is 30.5. The highest BCUT2D eigenvalue weighted by molar-refractivity contribution is 14.1. The molecule has 0 radical (unpaired) electrons. The van der Waals surface area contributed by atoms with Crippen molar-refractivity contribution in [1.29, 1.82) is 0 Å². The number of rotatable bonds is 20. The average Bonchev–Trinajstić information content (AvgIpc) is 2.75. The average molecular weight is 929 g/mol. The smallest absolute Gasteiger partial charge is 0.417 e. The van der Waals surface area contributed by atoms with Crippen LogP contribution >= 0.6 is 22.6 Å². The van der Waals surface area contributed by atoms with Crippen molar-refractivity contribution in [3.05, 3.63) is 0 Å². The first-order valence-corrected chi connectivity index (χ1v) is 41.4. The van der Waals surface area contributed by atoms with E-state index >= 15 is 0 Å². The predicted molar refractivity (Wildman–Crippen MR) is 226 cm³/mol. The molecular weight excluding hydrogens is 852 g/mol. The minimum atomic E-state index is -2.85. The van der Waals surface area contributed by atoms with Gasteiger partial charge in [-0.3, -0.25) is 0 Å². The highest BCUT2D eigenvalue weighted by Crippen LogP contribution is 2.26. The normalized spacial score (nSPS) is 13.5. The summed E-state index contributed by atoms with van der Waals surface area (Å²) < 4.78 is 58.1. The lowest BCUT2D eigenvalue weighted by Crippen LogP contribution is -2.61. The third kappa shape index (κ3) is 37.6. The maximum Gasteiger partial charge on any atom is 0.497 e. The van der Waals surface area contributed by atoms with Gasteiger partial charge in [0.2, 0.25) is 0 Å². The van der Waals surface area contributed by atoms with E-state index in [-0.39, 0.29) is 0 Å². The Hall–Kier alpha value is 2.03. The van der Waals surface area contributed by atoms with E-state index in [9.17, 15) is 4.80 Å². The van der Waals surface area contributed by atoms with Gasteiger partial charge in [-0.1, -0.05) is 22.6 Å². The van der Waals surface area contributed by atoms with Gasteiger partial charge in [0.15, 0.2) is 33.3 Å². The summed E-state index contributed by atoms with van der Waals surface area (Å²) in [6, 6.07) is 0. The molecule has 0 atom stereocenters. The third-order valence-corrected chi connectivity index (χ3v) is 27.2. The summed E-state index contributed by atoms with van der Waals surface area (Å²) in [5.41, 5.74) is 0. The van der Waals surface area contributed by atoms with E-state index in [1.807, 2.05) is 59.2 Å². The van der Waals surface area contributed by atoms with Crippen LogP contribution in [0.15, 0.2) is 0 Å². The van der Waals surface area contributed by atoms with Crippen LogP contribution in [0, 0.1) is 0 Å². The summed E-state index contributed by atoms with van der Waals surface area (Å²) in [5.74, 6) is 0. The van der Waals surface area contributed by atoms with Crippen molar-refractivity contribution in [2.24, 2.45) is 0 Å². The van der Waals surface area contributed by atoms with Gasteiger partial charge in [0.1, 0.15) is 0 Å². The minimum absolute atomic E-state index is 0.563. The van der Waals surface area contributed by atoms with Gasteiger partial charge >= 0.3 is 35.2 Å². The van der Waals surface area contributed by atoms with Crippen molar-refractivity contribution in [2.45, 2.75) is 139 Å². The zero-order valence-electron chi connectivity index (χ0n) is 34.4.